The summed E-state index contributed by atoms with van der Waals surface area (Å²) in [4.78, 5) is 29.3. The van der Waals surface area contributed by atoms with Crippen LogP contribution in [0.4, 0.5) is 4.79 Å². The van der Waals surface area contributed by atoms with Gasteiger partial charge in [0.2, 0.25) is 5.91 Å². The Balaban J connectivity index is 1.37. The van der Waals surface area contributed by atoms with Crippen molar-refractivity contribution in [2.24, 2.45) is 11.8 Å². The Bertz CT molecular complexity index is 815. The molecule has 4 aliphatic rings. The zero-order valence-corrected chi connectivity index (χ0v) is 17.6. The molecule has 1 N–H and O–H groups in total. The Labute approximate surface area is 177 Å². The van der Waals surface area contributed by atoms with E-state index in [9.17, 15) is 9.59 Å². The highest BCUT2D eigenvalue weighted by molar-refractivity contribution is 5.88. The van der Waals surface area contributed by atoms with Crippen molar-refractivity contribution < 1.29 is 19.1 Å². The number of hydrogen-bond donors (Lipinski definition) is 1. The maximum absolute atomic E-state index is 13.1. The summed E-state index contributed by atoms with van der Waals surface area (Å²) in [6.07, 6.45) is 5.44. The predicted molar refractivity (Wildman–Crippen MR) is 111 cm³/mol. The van der Waals surface area contributed by atoms with Crippen molar-refractivity contribution >= 4 is 12.0 Å². The molecule has 1 aromatic rings. The third-order valence-electron chi connectivity index (χ3n) is 7.48. The van der Waals surface area contributed by atoms with Gasteiger partial charge >= 0.3 is 6.09 Å². The van der Waals surface area contributed by atoms with Gasteiger partial charge in [-0.15, -0.1) is 0 Å². The van der Waals surface area contributed by atoms with E-state index in [0.717, 1.165) is 31.8 Å². The molecule has 162 valence electrons. The number of alkyl carbamates (subject to hydrolysis) is 1. The zero-order valence-electron chi connectivity index (χ0n) is 17.6. The summed E-state index contributed by atoms with van der Waals surface area (Å²) in [6, 6.07) is 8.83. The van der Waals surface area contributed by atoms with Gasteiger partial charge in [-0.3, -0.25) is 9.69 Å². The standard InChI is InChI=1S/C23H31N3O4/c1-29-18-6-4-5-15(9-18)10-21-17-11-16(20-7-2-3-8-26(20)21)12-25(13-17)22(27)19-14-30-23(28)24-19/h4-6,9,16-17,19-21H,2-3,7-8,10-14H2,1H3,(H,24,28)/t16-,17+,19+,20+,21+/m1/s1. The van der Waals surface area contributed by atoms with Crippen molar-refractivity contribution in [3.63, 3.8) is 0 Å². The second-order valence-corrected chi connectivity index (χ2v) is 9.22. The number of amides is 2. The van der Waals surface area contributed by atoms with E-state index >= 15 is 0 Å². The van der Waals surface area contributed by atoms with E-state index in [4.69, 9.17) is 9.47 Å². The second kappa shape index (κ2) is 8.10. The molecule has 4 fully saturated rings. The third kappa shape index (κ3) is 3.64. The molecule has 1 aromatic carbocycles. The van der Waals surface area contributed by atoms with E-state index in [0.29, 0.717) is 23.9 Å². The first kappa shape index (κ1) is 19.7. The van der Waals surface area contributed by atoms with Crippen LogP contribution in [0.5, 0.6) is 5.75 Å². The fraction of sp³-hybridized carbons (Fsp3) is 0.652. The number of carbonyl (C=O) groups excluding carboxylic acids is 2. The molecule has 5 rings (SSSR count). The van der Waals surface area contributed by atoms with Gasteiger partial charge < -0.3 is 19.7 Å². The van der Waals surface area contributed by atoms with Crippen molar-refractivity contribution in [3.8, 4) is 5.75 Å². The number of nitrogens with one attached hydrogen (secondary N) is 1. The number of cyclic esters (lactones) is 1. The smallest absolute Gasteiger partial charge is 0.407 e. The fourth-order valence-electron chi connectivity index (χ4n) is 6.15. The summed E-state index contributed by atoms with van der Waals surface area (Å²) in [5, 5.41) is 2.66. The minimum atomic E-state index is -0.532. The van der Waals surface area contributed by atoms with E-state index in [1.807, 2.05) is 11.0 Å². The van der Waals surface area contributed by atoms with Crippen molar-refractivity contribution in [2.75, 3.05) is 33.4 Å². The fourth-order valence-corrected chi connectivity index (χ4v) is 6.15. The van der Waals surface area contributed by atoms with Crippen LogP contribution in [0.2, 0.25) is 0 Å². The van der Waals surface area contributed by atoms with Crippen LogP contribution in [-0.4, -0.2) is 73.3 Å². The molecule has 30 heavy (non-hydrogen) atoms. The minimum absolute atomic E-state index is 0.0138. The van der Waals surface area contributed by atoms with Gasteiger partial charge in [0, 0.05) is 25.2 Å². The van der Waals surface area contributed by atoms with Crippen molar-refractivity contribution in [3.05, 3.63) is 29.8 Å². The molecular formula is C23H31N3O4. The molecule has 4 heterocycles. The van der Waals surface area contributed by atoms with E-state index in [1.165, 1.54) is 31.2 Å². The molecule has 0 aromatic heterocycles. The highest BCUT2D eigenvalue weighted by atomic mass is 16.6. The van der Waals surface area contributed by atoms with E-state index < -0.39 is 12.1 Å². The van der Waals surface area contributed by atoms with Crippen LogP contribution in [0.25, 0.3) is 0 Å². The lowest BCUT2D eigenvalue weighted by molar-refractivity contribution is -0.142. The number of ether oxygens (including phenoxy) is 2. The summed E-state index contributed by atoms with van der Waals surface area (Å²) >= 11 is 0. The Morgan fingerprint density at radius 3 is 2.93 bits per heavy atom. The van der Waals surface area contributed by atoms with Crippen molar-refractivity contribution in [2.45, 2.75) is 50.2 Å². The summed E-state index contributed by atoms with van der Waals surface area (Å²) in [7, 11) is 1.71. The average Bonchev–Trinajstić information content (AvgIpc) is 3.22. The highest BCUT2D eigenvalue weighted by Crippen LogP contribution is 2.42. The van der Waals surface area contributed by atoms with Gasteiger partial charge in [0.15, 0.2) is 0 Å². The van der Waals surface area contributed by atoms with Gasteiger partial charge in [-0.05, 0) is 61.8 Å². The van der Waals surface area contributed by atoms with Gasteiger partial charge in [0.05, 0.1) is 7.11 Å². The van der Waals surface area contributed by atoms with Crippen molar-refractivity contribution in [1.29, 1.82) is 0 Å². The SMILES string of the molecule is COc1cccc(C[C@H]2[C@H]3C[C@H](CN(C(=O)[C@@H]4COC(=O)N4)C3)[C@@H]3CCCCN32)c1. The van der Waals surface area contributed by atoms with Gasteiger partial charge in [0.25, 0.3) is 0 Å². The maximum atomic E-state index is 13.1. The minimum Gasteiger partial charge on any atom is -0.497 e. The van der Waals surface area contributed by atoms with E-state index in [1.54, 1.807) is 7.11 Å². The van der Waals surface area contributed by atoms with Gasteiger partial charge in [-0.2, -0.15) is 0 Å². The molecular weight excluding hydrogens is 382 g/mol. The van der Waals surface area contributed by atoms with E-state index in [-0.39, 0.29) is 12.5 Å². The first-order chi connectivity index (χ1) is 14.6. The molecule has 2 amide bonds. The number of rotatable bonds is 4. The van der Waals surface area contributed by atoms with Gasteiger partial charge in [-0.1, -0.05) is 18.6 Å². The topological polar surface area (TPSA) is 71.1 Å². The third-order valence-corrected chi connectivity index (χ3v) is 7.48. The number of carbonyl (C=O) groups is 2. The molecule has 2 bridgehead atoms. The van der Waals surface area contributed by atoms with Crippen LogP contribution >= 0.6 is 0 Å². The Morgan fingerprint density at radius 2 is 2.13 bits per heavy atom. The molecule has 0 aliphatic carbocycles. The molecule has 0 unspecified atom stereocenters. The van der Waals surface area contributed by atoms with Crippen LogP contribution < -0.4 is 10.1 Å². The number of benzene rings is 1. The number of piperidine rings is 3. The molecule has 4 aliphatic heterocycles. The predicted octanol–water partition coefficient (Wildman–Crippen LogP) is 2.05. The molecule has 5 atom stereocenters. The quantitative estimate of drug-likeness (QED) is 0.818. The molecule has 7 nitrogen and oxygen atoms in total. The van der Waals surface area contributed by atoms with E-state index in [2.05, 4.69) is 28.4 Å². The first-order valence-corrected chi connectivity index (χ1v) is 11.2. The molecule has 0 spiro atoms. The summed E-state index contributed by atoms with van der Waals surface area (Å²) in [6.45, 7) is 2.87. The summed E-state index contributed by atoms with van der Waals surface area (Å²) in [5.74, 6) is 1.88. The highest BCUT2D eigenvalue weighted by Gasteiger charge is 2.48. The normalized spacial score (nSPS) is 33.4. The molecule has 0 saturated carbocycles. The Morgan fingerprint density at radius 1 is 1.27 bits per heavy atom. The molecule has 0 radical (unpaired) electrons. The lowest BCUT2D eigenvalue weighted by Gasteiger charge is -2.57. The zero-order chi connectivity index (χ0) is 20.7. The number of methoxy groups -OCH3 is 1. The first-order valence-electron chi connectivity index (χ1n) is 11.2. The van der Waals surface area contributed by atoms with Crippen LogP contribution in [0.3, 0.4) is 0 Å². The largest absolute Gasteiger partial charge is 0.497 e. The number of fused-ring (bicyclic) bond motifs is 4. The molecule has 7 heteroatoms. The van der Waals surface area contributed by atoms with Crippen LogP contribution in [-0.2, 0) is 16.0 Å². The average molecular weight is 414 g/mol. The van der Waals surface area contributed by atoms with Gasteiger partial charge in [-0.25, -0.2) is 4.79 Å². The maximum Gasteiger partial charge on any atom is 0.407 e. The van der Waals surface area contributed by atoms with Gasteiger partial charge in [0.1, 0.15) is 18.4 Å². The Kier molecular flexibility index (Phi) is 5.31. The lowest BCUT2D eigenvalue weighted by Crippen LogP contribution is -2.65. The van der Waals surface area contributed by atoms with Crippen LogP contribution in [0.1, 0.15) is 31.2 Å². The lowest BCUT2D eigenvalue weighted by atomic mass is 9.71. The summed E-state index contributed by atoms with van der Waals surface area (Å²) < 4.78 is 10.4. The monoisotopic (exact) mass is 413 g/mol. The second-order valence-electron chi connectivity index (χ2n) is 9.22. The van der Waals surface area contributed by atoms with Crippen LogP contribution in [0, 0.1) is 11.8 Å². The Hall–Kier alpha value is -2.28. The van der Waals surface area contributed by atoms with Crippen LogP contribution in [0.15, 0.2) is 24.3 Å². The number of hydrogen-bond acceptors (Lipinski definition) is 5. The molecule has 4 saturated heterocycles. The van der Waals surface area contributed by atoms with Crippen molar-refractivity contribution in [1.82, 2.24) is 15.1 Å². The summed E-state index contributed by atoms with van der Waals surface area (Å²) in [5.41, 5.74) is 1.29. The number of nitrogens with zero attached hydrogens (tertiary/aromatic N) is 2. The number of likely N-dealkylation sites (tertiary alicyclic amines) is 1.